The van der Waals surface area contributed by atoms with Gasteiger partial charge in [0, 0.05) is 56.6 Å². The Bertz CT molecular complexity index is 1030. The molecule has 1 saturated heterocycles. The van der Waals surface area contributed by atoms with Crippen molar-refractivity contribution < 1.29 is 79.4 Å². The average Bonchev–Trinajstić information content (AvgIpc) is 3.19. The van der Waals surface area contributed by atoms with Gasteiger partial charge in [-0.3, -0.25) is 24.0 Å². The first-order valence-corrected chi connectivity index (χ1v) is 11.8. The summed E-state index contributed by atoms with van der Waals surface area (Å²) in [7, 11) is 0. The lowest BCUT2D eigenvalue weighted by atomic mass is 9.99. The number of rotatable bonds is 3. The van der Waals surface area contributed by atoms with E-state index in [1.165, 1.54) is 0 Å². The molecule has 0 amide bonds. The summed E-state index contributed by atoms with van der Waals surface area (Å²) < 4.78 is 10.8. The Morgan fingerprint density at radius 3 is 1.55 bits per heavy atom. The minimum atomic E-state index is -1.48. The molecule has 0 spiro atoms. The fraction of sp³-hybridized carbons (Fsp3) is 0.458. The van der Waals surface area contributed by atoms with Crippen molar-refractivity contribution in [1.82, 2.24) is 4.98 Å². The molecule has 0 aliphatic carbocycles. The summed E-state index contributed by atoms with van der Waals surface area (Å²) in [5, 5.41) is 77.0. The number of aliphatic carboxylic acids is 5. The summed E-state index contributed by atoms with van der Waals surface area (Å²) in [5.41, 5.74) is 0.743. The number of carboxylic acids is 5. The van der Waals surface area contributed by atoms with Crippen molar-refractivity contribution in [3.05, 3.63) is 29.3 Å². The van der Waals surface area contributed by atoms with Crippen molar-refractivity contribution >= 4 is 52.4 Å². The van der Waals surface area contributed by atoms with Gasteiger partial charge < -0.3 is 60.4 Å². The second kappa shape index (κ2) is 22.7. The Hall–Kier alpha value is -4.00. The van der Waals surface area contributed by atoms with Crippen molar-refractivity contribution in [3.8, 4) is 5.88 Å². The molecule has 3 rings (SSSR count). The molecular formula is C24H36ClNO16. The minimum absolute atomic E-state index is 0.307. The van der Waals surface area contributed by atoms with Crippen molar-refractivity contribution in [2.75, 3.05) is 6.61 Å². The largest absolute Gasteiger partial charge is 0.481 e. The maximum atomic E-state index is 9.92. The number of benzene rings is 1. The van der Waals surface area contributed by atoms with Crippen LogP contribution in [0.3, 0.4) is 0 Å². The highest BCUT2D eigenvalue weighted by Crippen LogP contribution is 2.27. The zero-order chi connectivity index (χ0) is 33.7. The van der Waals surface area contributed by atoms with Gasteiger partial charge in [0.05, 0.1) is 6.61 Å². The molecule has 0 bridgehead atoms. The molecule has 42 heavy (non-hydrogen) atoms. The number of carbonyl (C=O) groups is 5. The van der Waals surface area contributed by atoms with Crippen LogP contribution in [0.25, 0.3) is 10.9 Å². The molecule has 240 valence electrons. The number of hydrogen-bond acceptors (Lipinski definition) is 11. The molecule has 17 nitrogen and oxygen atoms in total. The number of ether oxygens (including phenoxy) is 2. The first kappa shape index (κ1) is 42.5. The van der Waals surface area contributed by atoms with Gasteiger partial charge in [0.1, 0.15) is 24.4 Å². The van der Waals surface area contributed by atoms with E-state index in [0.29, 0.717) is 10.9 Å². The number of aromatic nitrogens is 1. The highest BCUT2D eigenvalue weighted by atomic mass is 35.5. The van der Waals surface area contributed by atoms with Crippen LogP contribution >= 0.6 is 11.6 Å². The molecule has 1 aliphatic heterocycles. The first-order valence-electron chi connectivity index (χ1n) is 11.4. The highest BCUT2D eigenvalue weighted by Gasteiger charge is 2.44. The van der Waals surface area contributed by atoms with Crippen LogP contribution < -0.4 is 4.74 Å². The van der Waals surface area contributed by atoms with Crippen molar-refractivity contribution in [1.29, 1.82) is 0 Å². The zero-order valence-electron chi connectivity index (χ0n) is 23.2. The van der Waals surface area contributed by atoms with Crippen LogP contribution in [0.1, 0.15) is 34.6 Å². The number of nitrogens with one attached hydrogen (secondary N) is 1. The van der Waals surface area contributed by atoms with E-state index in [9.17, 15) is 15.3 Å². The van der Waals surface area contributed by atoms with Gasteiger partial charge >= 0.3 is 0 Å². The molecular weight excluding hydrogens is 594 g/mol. The molecule has 1 aromatic carbocycles. The molecule has 5 atom stereocenters. The van der Waals surface area contributed by atoms with Gasteiger partial charge in [0.25, 0.3) is 29.8 Å². The van der Waals surface area contributed by atoms with E-state index in [1.807, 2.05) is 0 Å². The first-order chi connectivity index (χ1) is 19.2. The summed E-state index contributed by atoms with van der Waals surface area (Å²) in [6.45, 7) is 4.91. The normalized spacial score (nSPS) is 19.9. The summed E-state index contributed by atoms with van der Waals surface area (Å²) in [6.07, 6.45) is -6.58. The molecule has 1 fully saturated rings. The summed E-state index contributed by atoms with van der Waals surface area (Å²) in [6, 6.07) is 6.94. The predicted molar refractivity (Wildman–Crippen MR) is 144 cm³/mol. The fourth-order valence-corrected chi connectivity index (χ4v) is 2.60. The SMILES string of the molecule is CC(=O)O.CC(=O)O.CC(=O)O.CC(=O)O.CC(=O)O.OC[C@H]1O[C@@H](Oc2cc3ccc(Cl)cc3[nH]2)[C@H](O)[C@@H](O)[C@H]1O. The second-order valence-electron chi connectivity index (χ2n) is 7.78. The van der Waals surface area contributed by atoms with Gasteiger partial charge in [-0.2, -0.15) is 0 Å². The number of carboxylic acid groups (broad SMARTS) is 5. The van der Waals surface area contributed by atoms with Crippen LogP contribution in [0.5, 0.6) is 5.88 Å². The van der Waals surface area contributed by atoms with Gasteiger partial charge in [-0.15, -0.1) is 0 Å². The molecule has 2 heterocycles. The number of aromatic amines is 1. The Labute approximate surface area is 244 Å². The predicted octanol–water partition coefficient (Wildman–Crippen LogP) is 0.455. The van der Waals surface area contributed by atoms with Gasteiger partial charge in [0.15, 0.2) is 5.88 Å². The molecule has 0 saturated carbocycles. The van der Waals surface area contributed by atoms with Crippen molar-refractivity contribution in [2.24, 2.45) is 0 Å². The smallest absolute Gasteiger partial charge is 0.300 e. The Morgan fingerprint density at radius 1 is 0.762 bits per heavy atom. The third-order valence-corrected chi connectivity index (χ3v) is 3.89. The van der Waals surface area contributed by atoms with Gasteiger partial charge in [-0.05, 0) is 12.1 Å². The van der Waals surface area contributed by atoms with Crippen LogP contribution in [0.15, 0.2) is 24.3 Å². The van der Waals surface area contributed by atoms with E-state index in [2.05, 4.69) is 4.98 Å². The van der Waals surface area contributed by atoms with E-state index in [0.717, 1.165) is 45.5 Å². The van der Waals surface area contributed by atoms with Crippen LogP contribution in [-0.2, 0) is 28.7 Å². The van der Waals surface area contributed by atoms with E-state index in [-0.39, 0.29) is 0 Å². The average molecular weight is 630 g/mol. The fourth-order valence-electron chi connectivity index (χ4n) is 2.43. The molecule has 1 aliphatic rings. The standard InChI is InChI=1S/C14H16ClNO6.5C2H4O2/c15-7-2-1-6-3-10(16-8(6)4-7)22-14-13(20)12(19)11(18)9(5-17)21-14;5*1-2(3)4/h1-4,9,11-14,16-20H,5H2;5*1H3,(H,3,4)/t9-,11+,12+,13-,14+;;;;;/m1...../s1. The number of fused-ring (bicyclic) bond motifs is 1. The minimum Gasteiger partial charge on any atom is -0.481 e. The third kappa shape index (κ3) is 23.9. The second-order valence-corrected chi connectivity index (χ2v) is 8.21. The maximum absolute atomic E-state index is 9.92. The third-order valence-electron chi connectivity index (χ3n) is 3.65. The van der Waals surface area contributed by atoms with E-state index in [4.69, 9.17) is 75.7 Å². The Kier molecular flexibility index (Phi) is 22.9. The highest BCUT2D eigenvalue weighted by molar-refractivity contribution is 6.31. The molecule has 2 aromatic rings. The lowest BCUT2D eigenvalue weighted by Crippen LogP contribution is -2.60. The van der Waals surface area contributed by atoms with Crippen LogP contribution in [0.4, 0.5) is 0 Å². The number of hydrogen-bond donors (Lipinski definition) is 10. The summed E-state index contributed by atoms with van der Waals surface area (Å²) >= 11 is 5.90. The molecule has 18 heteroatoms. The van der Waals surface area contributed by atoms with Crippen LogP contribution in [0, 0.1) is 0 Å². The van der Waals surface area contributed by atoms with Crippen molar-refractivity contribution in [3.63, 3.8) is 0 Å². The lowest BCUT2D eigenvalue weighted by Gasteiger charge is -2.39. The number of aliphatic hydroxyl groups excluding tert-OH is 4. The van der Waals surface area contributed by atoms with E-state index < -0.39 is 67.2 Å². The molecule has 1 aromatic heterocycles. The summed E-state index contributed by atoms with van der Waals surface area (Å²) in [5.74, 6) is -3.86. The Morgan fingerprint density at radius 2 is 1.17 bits per heavy atom. The van der Waals surface area contributed by atoms with E-state index in [1.54, 1.807) is 24.3 Å². The lowest BCUT2D eigenvalue weighted by molar-refractivity contribution is -0.278. The quantitative estimate of drug-likeness (QED) is 0.220. The zero-order valence-corrected chi connectivity index (χ0v) is 23.9. The number of aliphatic hydroxyl groups is 4. The topological polar surface area (TPSA) is 302 Å². The van der Waals surface area contributed by atoms with Gasteiger partial charge in [-0.25, -0.2) is 0 Å². The monoisotopic (exact) mass is 629 g/mol. The van der Waals surface area contributed by atoms with Crippen molar-refractivity contribution in [2.45, 2.75) is 65.3 Å². The van der Waals surface area contributed by atoms with Crippen LogP contribution in [-0.4, -0.2) is 118 Å². The maximum Gasteiger partial charge on any atom is 0.300 e. The van der Waals surface area contributed by atoms with Crippen LogP contribution in [0.2, 0.25) is 5.02 Å². The van der Waals surface area contributed by atoms with Gasteiger partial charge in [-0.1, -0.05) is 17.7 Å². The van der Waals surface area contributed by atoms with Gasteiger partial charge in [0.2, 0.25) is 6.29 Å². The number of H-pyrrole nitrogens is 1. The molecule has 0 radical (unpaired) electrons. The number of halogens is 1. The Balaban J connectivity index is -0.000000622. The van der Waals surface area contributed by atoms with E-state index >= 15 is 0 Å². The molecule has 10 N–H and O–H groups in total. The summed E-state index contributed by atoms with van der Waals surface area (Å²) in [4.78, 5) is 48.0. The molecule has 0 unspecified atom stereocenters.